The molecule has 1 heterocycles. The molecule has 0 saturated heterocycles. The van der Waals surface area contributed by atoms with E-state index < -0.39 is 0 Å². The van der Waals surface area contributed by atoms with Gasteiger partial charge in [-0.3, -0.25) is 9.48 Å². The van der Waals surface area contributed by atoms with Crippen LogP contribution in [0.15, 0.2) is 79.0 Å². The molecular weight excluding hydrogens is 473 g/mol. The Morgan fingerprint density at radius 1 is 0.941 bits per heavy atom. The van der Waals surface area contributed by atoms with Crippen LogP contribution in [-0.4, -0.2) is 22.3 Å². The van der Waals surface area contributed by atoms with Crippen LogP contribution in [0.2, 0.25) is 10.0 Å². The molecule has 1 amide bonds. The maximum Gasteiger partial charge on any atom is 0.256 e. The lowest BCUT2D eigenvalue weighted by Gasteiger charge is -2.09. The largest absolute Gasteiger partial charge is 0.494 e. The molecule has 4 aromatic rings. The molecule has 1 N–H and O–H groups in total. The van der Waals surface area contributed by atoms with Gasteiger partial charge in [0.2, 0.25) is 0 Å². The molecule has 0 bridgehead atoms. The number of carbonyl (C=O) groups excluding carboxylic acids is 1. The highest BCUT2D eigenvalue weighted by molar-refractivity contribution is 6.33. The summed E-state index contributed by atoms with van der Waals surface area (Å²) in [6.07, 6.45) is 1.65. The molecule has 4 rings (SSSR count). The Labute approximate surface area is 208 Å². The van der Waals surface area contributed by atoms with E-state index in [2.05, 4.69) is 10.4 Å². The Morgan fingerprint density at radius 2 is 1.68 bits per heavy atom. The first-order valence-electron chi connectivity index (χ1n) is 10.7. The molecule has 0 aliphatic carbocycles. The minimum atomic E-state index is -0.312. The standard InChI is InChI=1S/C26H23Cl2N3O3/c1-2-33-21-10-12-22(13-11-21)34-17-18-6-5-8-19(14-18)26(32)29-25-24(28)16-31(30-25)15-20-7-3-4-9-23(20)27/h3-14,16H,2,15,17H2,1H3,(H,29,30,32). The summed E-state index contributed by atoms with van der Waals surface area (Å²) in [5, 5.41) is 8.15. The Kier molecular flexibility index (Phi) is 7.72. The maximum atomic E-state index is 12.8. The number of amides is 1. The van der Waals surface area contributed by atoms with Gasteiger partial charge in [-0.15, -0.1) is 0 Å². The highest BCUT2D eigenvalue weighted by Gasteiger charge is 2.14. The first-order valence-corrected chi connectivity index (χ1v) is 11.5. The number of hydrogen-bond acceptors (Lipinski definition) is 4. The van der Waals surface area contributed by atoms with Crippen LogP contribution in [0.4, 0.5) is 5.82 Å². The number of aromatic nitrogens is 2. The lowest BCUT2D eigenvalue weighted by Crippen LogP contribution is -2.13. The quantitative estimate of drug-likeness (QED) is 0.289. The van der Waals surface area contributed by atoms with E-state index in [0.717, 1.165) is 16.9 Å². The molecule has 8 heteroatoms. The number of anilines is 1. The average Bonchev–Trinajstić information content (AvgIpc) is 3.19. The van der Waals surface area contributed by atoms with E-state index in [9.17, 15) is 4.79 Å². The molecule has 3 aromatic carbocycles. The van der Waals surface area contributed by atoms with Crippen LogP contribution in [-0.2, 0) is 13.2 Å². The predicted octanol–water partition coefficient (Wildman–Crippen LogP) is 6.47. The van der Waals surface area contributed by atoms with E-state index >= 15 is 0 Å². The van der Waals surface area contributed by atoms with E-state index in [1.165, 1.54) is 0 Å². The van der Waals surface area contributed by atoms with E-state index in [1.54, 1.807) is 23.0 Å². The van der Waals surface area contributed by atoms with Crippen LogP contribution in [0.3, 0.4) is 0 Å². The van der Waals surface area contributed by atoms with E-state index in [4.69, 9.17) is 32.7 Å². The Balaban J connectivity index is 1.38. The predicted molar refractivity (Wildman–Crippen MR) is 134 cm³/mol. The summed E-state index contributed by atoms with van der Waals surface area (Å²) in [7, 11) is 0. The van der Waals surface area contributed by atoms with Crippen LogP contribution < -0.4 is 14.8 Å². The van der Waals surface area contributed by atoms with Gasteiger partial charge in [0, 0.05) is 16.8 Å². The van der Waals surface area contributed by atoms with Crippen molar-refractivity contribution in [3.05, 3.63) is 106 Å². The summed E-state index contributed by atoms with van der Waals surface area (Å²) in [6.45, 7) is 3.31. The molecule has 0 aliphatic heterocycles. The minimum absolute atomic E-state index is 0.287. The van der Waals surface area contributed by atoms with Crippen LogP contribution in [0.25, 0.3) is 0 Å². The van der Waals surface area contributed by atoms with Gasteiger partial charge in [-0.1, -0.05) is 53.5 Å². The van der Waals surface area contributed by atoms with Gasteiger partial charge in [-0.25, -0.2) is 0 Å². The Morgan fingerprint density at radius 3 is 2.41 bits per heavy atom. The molecular formula is C26H23Cl2N3O3. The topological polar surface area (TPSA) is 65.4 Å². The van der Waals surface area contributed by atoms with Crippen molar-refractivity contribution in [1.29, 1.82) is 0 Å². The molecule has 0 atom stereocenters. The molecule has 6 nitrogen and oxygen atoms in total. The number of rotatable bonds is 9. The van der Waals surface area contributed by atoms with Crippen molar-refractivity contribution >= 4 is 34.9 Å². The normalized spacial score (nSPS) is 10.7. The lowest BCUT2D eigenvalue weighted by molar-refractivity contribution is 0.102. The van der Waals surface area contributed by atoms with E-state index in [0.29, 0.717) is 41.1 Å². The van der Waals surface area contributed by atoms with Gasteiger partial charge in [0.15, 0.2) is 5.82 Å². The van der Waals surface area contributed by atoms with Crippen LogP contribution >= 0.6 is 23.2 Å². The van der Waals surface area contributed by atoms with Gasteiger partial charge in [-0.2, -0.15) is 5.10 Å². The van der Waals surface area contributed by atoms with Gasteiger partial charge in [0.05, 0.1) is 13.2 Å². The van der Waals surface area contributed by atoms with Crippen molar-refractivity contribution in [3.8, 4) is 11.5 Å². The number of ether oxygens (including phenoxy) is 2. The first-order chi connectivity index (χ1) is 16.5. The van der Waals surface area contributed by atoms with Crippen molar-refractivity contribution in [2.75, 3.05) is 11.9 Å². The van der Waals surface area contributed by atoms with Gasteiger partial charge in [0.25, 0.3) is 5.91 Å². The maximum absolute atomic E-state index is 12.8. The van der Waals surface area contributed by atoms with Crippen molar-refractivity contribution < 1.29 is 14.3 Å². The molecule has 0 aliphatic rings. The summed E-state index contributed by atoms with van der Waals surface area (Å²) in [5.41, 5.74) is 2.24. The van der Waals surface area contributed by atoms with Crippen LogP contribution in [0, 0.1) is 0 Å². The zero-order valence-electron chi connectivity index (χ0n) is 18.5. The van der Waals surface area contributed by atoms with Gasteiger partial charge in [-0.05, 0) is 60.5 Å². The van der Waals surface area contributed by atoms with E-state index in [-0.39, 0.29) is 11.7 Å². The highest BCUT2D eigenvalue weighted by Crippen LogP contribution is 2.23. The summed E-state index contributed by atoms with van der Waals surface area (Å²) < 4.78 is 12.9. The lowest BCUT2D eigenvalue weighted by atomic mass is 10.1. The Bertz CT molecular complexity index is 1270. The number of halogens is 2. The highest BCUT2D eigenvalue weighted by atomic mass is 35.5. The van der Waals surface area contributed by atoms with Crippen LogP contribution in [0.5, 0.6) is 11.5 Å². The molecule has 0 radical (unpaired) electrons. The number of carbonyl (C=O) groups is 1. The molecule has 34 heavy (non-hydrogen) atoms. The second-order valence-corrected chi connectivity index (χ2v) is 8.28. The zero-order chi connectivity index (χ0) is 23.9. The summed E-state index contributed by atoms with van der Waals surface area (Å²) >= 11 is 12.5. The van der Waals surface area contributed by atoms with Crippen molar-refractivity contribution in [3.63, 3.8) is 0 Å². The number of benzene rings is 3. The molecule has 0 spiro atoms. The monoisotopic (exact) mass is 495 g/mol. The second kappa shape index (κ2) is 11.1. The summed E-state index contributed by atoms with van der Waals surface area (Å²) in [6, 6.07) is 22.1. The van der Waals surface area contributed by atoms with Crippen molar-refractivity contribution in [2.45, 2.75) is 20.1 Å². The third kappa shape index (κ3) is 6.10. The van der Waals surface area contributed by atoms with Crippen molar-refractivity contribution in [1.82, 2.24) is 9.78 Å². The third-order valence-corrected chi connectivity index (χ3v) is 5.61. The Hall–Kier alpha value is -3.48. The van der Waals surface area contributed by atoms with Gasteiger partial charge < -0.3 is 14.8 Å². The van der Waals surface area contributed by atoms with E-state index in [1.807, 2.05) is 67.6 Å². The first kappa shape index (κ1) is 23.7. The number of nitrogens with zero attached hydrogens (tertiary/aromatic N) is 2. The van der Waals surface area contributed by atoms with Crippen molar-refractivity contribution in [2.24, 2.45) is 0 Å². The molecule has 1 aromatic heterocycles. The van der Waals surface area contributed by atoms with Crippen LogP contribution in [0.1, 0.15) is 28.4 Å². The third-order valence-electron chi connectivity index (χ3n) is 4.97. The van der Waals surface area contributed by atoms with Gasteiger partial charge in [0.1, 0.15) is 23.1 Å². The minimum Gasteiger partial charge on any atom is -0.494 e. The fraction of sp³-hybridized carbons (Fsp3) is 0.154. The number of hydrogen-bond donors (Lipinski definition) is 1. The second-order valence-electron chi connectivity index (χ2n) is 7.46. The average molecular weight is 496 g/mol. The smallest absolute Gasteiger partial charge is 0.256 e. The number of nitrogens with one attached hydrogen (secondary N) is 1. The summed E-state index contributed by atoms with van der Waals surface area (Å²) in [4.78, 5) is 12.8. The molecule has 0 saturated carbocycles. The SMILES string of the molecule is CCOc1ccc(OCc2cccc(C(=O)Nc3nn(Cc4ccccc4Cl)cc3Cl)c2)cc1. The van der Waals surface area contributed by atoms with Gasteiger partial charge >= 0.3 is 0 Å². The molecule has 174 valence electrons. The fourth-order valence-electron chi connectivity index (χ4n) is 3.31. The molecule has 0 fully saturated rings. The fourth-order valence-corrected chi connectivity index (χ4v) is 3.70. The summed E-state index contributed by atoms with van der Waals surface area (Å²) in [5.74, 6) is 1.48. The zero-order valence-corrected chi connectivity index (χ0v) is 20.0. The molecule has 0 unspecified atom stereocenters.